The molecule has 1 aromatic carbocycles. The van der Waals surface area contributed by atoms with Crippen LogP contribution in [-0.2, 0) is 22.5 Å². The van der Waals surface area contributed by atoms with E-state index in [1.165, 1.54) is 12.1 Å². The predicted octanol–water partition coefficient (Wildman–Crippen LogP) is 1.74. The van der Waals surface area contributed by atoms with Crippen LogP contribution in [0.25, 0.3) is 0 Å². The Morgan fingerprint density at radius 1 is 1.21 bits per heavy atom. The molecular formula is C19H30FIN4O3. The summed E-state index contributed by atoms with van der Waals surface area (Å²) < 4.78 is 30.0. The number of ether oxygens (including phenoxy) is 3. The molecule has 9 heteroatoms. The Bertz CT molecular complexity index is 642. The number of hydrogen-bond acceptors (Lipinski definition) is 5. The van der Waals surface area contributed by atoms with E-state index in [4.69, 9.17) is 14.2 Å². The molecule has 158 valence electrons. The zero-order chi connectivity index (χ0) is 18.9. The molecule has 7 nitrogen and oxygen atoms in total. The first-order valence-electron chi connectivity index (χ1n) is 9.60. The van der Waals surface area contributed by atoms with Gasteiger partial charge in [-0.2, -0.15) is 0 Å². The number of morpholine rings is 1. The molecule has 2 N–H and O–H groups in total. The number of guanidine groups is 1. The minimum absolute atomic E-state index is 0. The van der Waals surface area contributed by atoms with Gasteiger partial charge in [-0.15, -0.1) is 24.0 Å². The van der Waals surface area contributed by atoms with Crippen molar-refractivity contribution in [3.63, 3.8) is 0 Å². The summed E-state index contributed by atoms with van der Waals surface area (Å²) >= 11 is 0. The zero-order valence-corrected chi connectivity index (χ0v) is 18.7. The molecule has 0 unspecified atom stereocenters. The van der Waals surface area contributed by atoms with Crippen LogP contribution in [0.3, 0.4) is 0 Å². The van der Waals surface area contributed by atoms with Crippen molar-refractivity contribution in [2.24, 2.45) is 4.99 Å². The highest BCUT2D eigenvalue weighted by molar-refractivity contribution is 14.0. The molecule has 2 aliphatic heterocycles. The van der Waals surface area contributed by atoms with Gasteiger partial charge in [0.2, 0.25) is 0 Å². The van der Waals surface area contributed by atoms with E-state index < -0.39 is 0 Å². The van der Waals surface area contributed by atoms with E-state index in [-0.39, 0.29) is 36.6 Å². The van der Waals surface area contributed by atoms with Crippen LogP contribution in [0.1, 0.15) is 18.1 Å². The lowest BCUT2D eigenvalue weighted by Gasteiger charge is -2.25. The summed E-state index contributed by atoms with van der Waals surface area (Å²) in [6.45, 7) is 9.25. The summed E-state index contributed by atoms with van der Waals surface area (Å²) in [5, 5.41) is 6.57. The molecule has 1 saturated heterocycles. The first-order valence-corrected chi connectivity index (χ1v) is 9.60. The lowest BCUT2D eigenvalue weighted by molar-refractivity contribution is -0.0172. The number of benzene rings is 1. The van der Waals surface area contributed by atoms with Crippen LogP contribution < -0.4 is 15.4 Å². The molecular weight excluding hydrogens is 478 g/mol. The highest BCUT2D eigenvalue weighted by Crippen LogP contribution is 2.29. The van der Waals surface area contributed by atoms with Gasteiger partial charge in [0.1, 0.15) is 11.6 Å². The smallest absolute Gasteiger partial charge is 0.191 e. The lowest BCUT2D eigenvalue weighted by atomic mass is 10.1. The maximum absolute atomic E-state index is 13.8. The van der Waals surface area contributed by atoms with Gasteiger partial charge in [0.15, 0.2) is 12.8 Å². The van der Waals surface area contributed by atoms with Crippen LogP contribution in [0.4, 0.5) is 4.39 Å². The second kappa shape index (κ2) is 12.4. The van der Waals surface area contributed by atoms with Crippen molar-refractivity contribution >= 4 is 29.9 Å². The van der Waals surface area contributed by atoms with Gasteiger partial charge < -0.3 is 24.8 Å². The molecule has 0 atom stereocenters. The van der Waals surface area contributed by atoms with E-state index in [1.54, 1.807) is 0 Å². The highest BCUT2D eigenvalue weighted by atomic mass is 127. The quantitative estimate of drug-likeness (QED) is 0.333. The van der Waals surface area contributed by atoms with Crippen LogP contribution in [0, 0.1) is 5.82 Å². The Labute approximate surface area is 183 Å². The van der Waals surface area contributed by atoms with Crippen LogP contribution in [0.5, 0.6) is 5.75 Å². The number of fused-ring (bicyclic) bond motifs is 1. The minimum atomic E-state index is -0.260. The van der Waals surface area contributed by atoms with E-state index in [9.17, 15) is 4.39 Å². The number of nitrogens with one attached hydrogen (secondary N) is 2. The molecule has 2 aliphatic rings. The van der Waals surface area contributed by atoms with E-state index in [1.807, 2.05) is 6.92 Å². The predicted molar refractivity (Wildman–Crippen MR) is 117 cm³/mol. The summed E-state index contributed by atoms with van der Waals surface area (Å²) in [6.07, 6.45) is 0.647. The number of nitrogens with zero attached hydrogens (tertiary/aromatic N) is 2. The van der Waals surface area contributed by atoms with Gasteiger partial charge in [-0.25, -0.2) is 4.39 Å². The first kappa shape index (κ1) is 23.1. The van der Waals surface area contributed by atoms with Crippen molar-refractivity contribution in [1.82, 2.24) is 15.5 Å². The molecule has 1 aromatic rings. The average Bonchev–Trinajstić information content (AvgIpc) is 2.68. The average molecular weight is 508 g/mol. The summed E-state index contributed by atoms with van der Waals surface area (Å²) in [4.78, 5) is 6.99. The number of rotatable bonds is 7. The van der Waals surface area contributed by atoms with Gasteiger partial charge in [-0.3, -0.25) is 9.89 Å². The molecule has 0 radical (unpaired) electrons. The van der Waals surface area contributed by atoms with Gasteiger partial charge in [-0.05, 0) is 31.0 Å². The normalized spacial score (nSPS) is 17.3. The fourth-order valence-electron chi connectivity index (χ4n) is 3.23. The fourth-order valence-corrected chi connectivity index (χ4v) is 3.23. The summed E-state index contributed by atoms with van der Waals surface area (Å²) in [5.41, 5.74) is 1.62. The number of halogens is 2. The van der Waals surface area contributed by atoms with E-state index >= 15 is 0 Å². The molecule has 0 saturated carbocycles. The first-order chi connectivity index (χ1) is 13.3. The largest absolute Gasteiger partial charge is 0.467 e. The molecule has 1 fully saturated rings. The van der Waals surface area contributed by atoms with Crippen LogP contribution >= 0.6 is 24.0 Å². The Kier molecular flexibility index (Phi) is 10.2. The van der Waals surface area contributed by atoms with Gasteiger partial charge in [-0.1, -0.05) is 0 Å². The second-order valence-corrected chi connectivity index (χ2v) is 6.56. The Morgan fingerprint density at radius 3 is 2.82 bits per heavy atom. The molecule has 2 heterocycles. The fraction of sp³-hybridized carbons (Fsp3) is 0.632. The number of hydrogen-bond donors (Lipinski definition) is 2. The third kappa shape index (κ3) is 7.02. The third-order valence-electron chi connectivity index (χ3n) is 4.57. The standard InChI is InChI=1S/C19H29FN4O3.HI/c1-2-21-19(23-5-6-24-7-9-25-10-8-24)22-4-3-15-11-17(20)12-16-13-26-14-27-18(15)16;/h11-12H,2-10,13-14H2,1H3,(H2,21,22,23);1H. The van der Waals surface area contributed by atoms with E-state index in [2.05, 4.69) is 20.5 Å². The topological polar surface area (TPSA) is 67.4 Å². The summed E-state index contributed by atoms with van der Waals surface area (Å²) in [6, 6.07) is 3.01. The molecule has 0 amide bonds. The third-order valence-corrected chi connectivity index (χ3v) is 4.57. The molecule has 0 bridgehead atoms. The zero-order valence-electron chi connectivity index (χ0n) is 16.3. The maximum atomic E-state index is 13.8. The minimum Gasteiger partial charge on any atom is -0.467 e. The monoisotopic (exact) mass is 508 g/mol. The maximum Gasteiger partial charge on any atom is 0.191 e. The van der Waals surface area contributed by atoms with Crippen molar-refractivity contribution in [3.05, 3.63) is 29.1 Å². The van der Waals surface area contributed by atoms with Gasteiger partial charge in [0.25, 0.3) is 0 Å². The Balaban J connectivity index is 0.00000280. The van der Waals surface area contributed by atoms with Crippen LogP contribution in [-0.4, -0.2) is 70.1 Å². The molecule has 28 heavy (non-hydrogen) atoms. The van der Waals surface area contributed by atoms with Gasteiger partial charge >= 0.3 is 0 Å². The van der Waals surface area contributed by atoms with Gasteiger partial charge in [0, 0.05) is 38.3 Å². The Hall–Kier alpha value is -1.17. The Morgan fingerprint density at radius 2 is 2.04 bits per heavy atom. The van der Waals surface area contributed by atoms with Crippen molar-refractivity contribution in [2.45, 2.75) is 20.0 Å². The van der Waals surface area contributed by atoms with Crippen molar-refractivity contribution in [2.75, 3.05) is 59.3 Å². The molecule has 0 aliphatic carbocycles. The van der Waals surface area contributed by atoms with Gasteiger partial charge in [0.05, 0.1) is 26.4 Å². The van der Waals surface area contributed by atoms with Crippen molar-refractivity contribution in [3.8, 4) is 5.75 Å². The summed E-state index contributed by atoms with van der Waals surface area (Å²) in [5.74, 6) is 1.27. The number of aliphatic imine (C=N–C) groups is 1. The summed E-state index contributed by atoms with van der Waals surface area (Å²) in [7, 11) is 0. The second-order valence-electron chi connectivity index (χ2n) is 6.56. The lowest BCUT2D eigenvalue weighted by Crippen LogP contribution is -2.40. The molecule has 0 aromatic heterocycles. The molecule has 0 spiro atoms. The van der Waals surface area contributed by atoms with Crippen molar-refractivity contribution in [1.29, 1.82) is 0 Å². The van der Waals surface area contributed by atoms with Crippen LogP contribution in [0.15, 0.2) is 17.1 Å². The van der Waals surface area contributed by atoms with Crippen LogP contribution in [0.2, 0.25) is 0 Å². The van der Waals surface area contributed by atoms with Crippen molar-refractivity contribution < 1.29 is 18.6 Å². The van der Waals surface area contributed by atoms with E-state index in [0.29, 0.717) is 19.6 Å². The highest BCUT2D eigenvalue weighted by Gasteiger charge is 2.17. The SMILES string of the molecule is CCNC(=NCCN1CCOCC1)NCCc1cc(F)cc2c1OCOC2.I. The van der Waals surface area contributed by atoms with E-state index in [0.717, 1.165) is 68.8 Å². The molecule has 3 rings (SSSR count).